The third kappa shape index (κ3) is 2.36. The number of benzene rings is 2. The Morgan fingerprint density at radius 3 is 2.15 bits per heavy atom. The van der Waals surface area contributed by atoms with Gasteiger partial charge in [0.2, 0.25) is 11.8 Å². The number of anilines is 1. The molecule has 0 aromatic heterocycles. The summed E-state index contributed by atoms with van der Waals surface area (Å²) < 4.78 is 4.89. The second kappa shape index (κ2) is 6.26. The molecule has 0 saturated carbocycles. The summed E-state index contributed by atoms with van der Waals surface area (Å²) in [6.07, 6.45) is 1.61. The first-order valence-corrected chi connectivity index (χ1v) is 8.41. The van der Waals surface area contributed by atoms with Crippen LogP contribution in [0, 0.1) is 11.8 Å². The molecule has 0 N–H and O–H groups in total. The quantitative estimate of drug-likeness (QED) is 0.633. The van der Waals surface area contributed by atoms with Crippen molar-refractivity contribution in [2.75, 3.05) is 12.0 Å². The van der Waals surface area contributed by atoms with Crippen LogP contribution >= 0.6 is 0 Å². The van der Waals surface area contributed by atoms with Crippen molar-refractivity contribution in [3.05, 3.63) is 77.9 Å². The highest BCUT2D eigenvalue weighted by atomic mass is 16.5. The Kier molecular flexibility index (Phi) is 3.92. The number of hydrogen-bond acceptors (Lipinski definition) is 4. The Morgan fingerprint density at radius 2 is 1.54 bits per heavy atom. The lowest BCUT2D eigenvalue weighted by Gasteiger charge is -2.21. The summed E-state index contributed by atoms with van der Waals surface area (Å²) in [6, 6.07) is 18.2. The zero-order valence-corrected chi connectivity index (χ0v) is 14.2. The highest BCUT2D eigenvalue weighted by molar-refractivity contribution is 6.24. The zero-order valence-electron chi connectivity index (χ0n) is 14.2. The average molecular weight is 347 g/mol. The van der Waals surface area contributed by atoms with Crippen molar-refractivity contribution in [1.29, 1.82) is 0 Å². The van der Waals surface area contributed by atoms with E-state index in [2.05, 4.69) is 0 Å². The van der Waals surface area contributed by atoms with Gasteiger partial charge in [0.1, 0.15) is 0 Å². The van der Waals surface area contributed by atoms with E-state index in [1.807, 2.05) is 36.4 Å². The van der Waals surface area contributed by atoms with Crippen molar-refractivity contribution >= 4 is 23.5 Å². The Labute approximate surface area is 150 Å². The number of nitrogens with zero attached hydrogens (tertiary/aromatic N) is 1. The summed E-state index contributed by atoms with van der Waals surface area (Å²) in [6.45, 7) is 0. The van der Waals surface area contributed by atoms with Gasteiger partial charge in [-0.1, -0.05) is 54.6 Å². The van der Waals surface area contributed by atoms with E-state index in [4.69, 9.17) is 4.74 Å². The molecule has 0 spiro atoms. The normalized spacial score (nSPS) is 24.4. The number of carbonyl (C=O) groups excluding carboxylic acids is 3. The molecule has 1 aliphatic heterocycles. The summed E-state index contributed by atoms with van der Waals surface area (Å²) in [4.78, 5) is 39.6. The molecular formula is C21H17NO4. The SMILES string of the molecule is COC(=O)C1=C[C@H]2C(=O)N(c3ccccc3)C(=O)[C@H]2[C@H]1c1ccccc1. The van der Waals surface area contributed by atoms with E-state index in [-0.39, 0.29) is 11.8 Å². The topological polar surface area (TPSA) is 63.7 Å². The second-order valence-electron chi connectivity index (χ2n) is 6.40. The lowest BCUT2D eigenvalue weighted by Crippen LogP contribution is -2.33. The lowest BCUT2D eigenvalue weighted by molar-refractivity contribution is -0.136. The van der Waals surface area contributed by atoms with Crippen molar-refractivity contribution in [2.45, 2.75) is 5.92 Å². The fourth-order valence-electron chi connectivity index (χ4n) is 3.92. The molecule has 1 aliphatic carbocycles. The molecular weight excluding hydrogens is 330 g/mol. The van der Waals surface area contributed by atoms with Crippen LogP contribution in [0.25, 0.3) is 0 Å². The van der Waals surface area contributed by atoms with Gasteiger partial charge in [-0.25, -0.2) is 9.69 Å². The van der Waals surface area contributed by atoms with Crippen LogP contribution in [0.15, 0.2) is 72.3 Å². The van der Waals surface area contributed by atoms with Crippen LogP contribution in [0.5, 0.6) is 0 Å². The second-order valence-corrected chi connectivity index (χ2v) is 6.40. The summed E-state index contributed by atoms with van der Waals surface area (Å²) in [7, 11) is 1.30. The van der Waals surface area contributed by atoms with Gasteiger partial charge in [0.05, 0.1) is 24.6 Å². The van der Waals surface area contributed by atoms with Crippen LogP contribution < -0.4 is 4.90 Å². The van der Waals surface area contributed by atoms with E-state index >= 15 is 0 Å². The molecule has 26 heavy (non-hydrogen) atoms. The van der Waals surface area contributed by atoms with Crippen LogP contribution in [-0.4, -0.2) is 24.9 Å². The molecule has 130 valence electrons. The van der Waals surface area contributed by atoms with E-state index in [0.717, 1.165) is 5.56 Å². The standard InChI is InChI=1S/C21H17NO4/c1-26-21(25)16-12-15-18(17(16)13-8-4-2-5-9-13)20(24)22(19(15)23)14-10-6-3-7-11-14/h2-12,15,17-18H,1H3/t15-,17+,18-/m1/s1. The molecule has 0 unspecified atom stereocenters. The maximum Gasteiger partial charge on any atom is 0.334 e. The van der Waals surface area contributed by atoms with E-state index in [1.165, 1.54) is 12.0 Å². The average Bonchev–Trinajstić information content (AvgIpc) is 3.19. The van der Waals surface area contributed by atoms with E-state index in [9.17, 15) is 14.4 Å². The van der Waals surface area contributed by atoms with Crippen molar-refractivity contribution in [3.8, 4) is 0 Å². The maximum absolute atomic E-state index is 13.2. The number of methoxy groups -OCH3 is 1. The molecule has 5 nitrogen and oxygen atoms in total. The number of amides is 2. The summed E-state index contributed by atoms with van der Waals surface area (Å²) in [5.41, 5.74) is 1.76. The van der Waals surface area contributed by atoms with Crippen LogP contribution in [0.2, 0.25) is 0 Å². The van der Waals surface area contributed by atoms with Gasteiger partial charge in [-0.15, -0.1) is 0 Å². The molecule has 1 heterocycles. The number of esters is 1. The van der Waals surface area contributed by atoms with Gasteiger partial charge in [0, 0.05) is 11.5 Å². The van der Waals surface area contributed by atoms with Crippen LogP contribution in [0.4, 0.5) is 5.69 Å². The molecule has 3 atom stereocenters. The van der Waals surface area contributed by atoms with Gasteiger partial charge in [0.15, 0.2) is 0 Å². The Balaban J connectivity index is 1.80. The first kappa shape index (κ1) is 16.3. The molecule has 0 radical (unpaired) electrons. The van der Waals surface area contributed by atoms with Crippen LogP contribution in [0.3, 0.4) is 0 Å². The van der Waals surface area contributed by atoms with Crippen molar-refractivity contribution in [2.24, 2.45) is 11.8 Å². The minimum atomic E-state index is -0.651. The Bertz CT molecular complexity index is 904. The lowest BCUT2D eigenvalue weighted by atomic mass is 9.82. The number of hydrogen-bond donors (Lipinski definition) is 0. The third-order valence-corrected chi connectivity index (χ3v) is 5.05. The van der Waals surface area contributed by atoms with Gasteiger partial charge in [-0.2, -0.15) is 0 Å². The first-order valence-electron chi connectivity index (χ1n) is 8.41. The van der Waals surface area contributed by atoms with Gasteiger partial charge >= 0.3 is 5.97 Å². The number of imide groups is 1. The fraction of sp³-hybridized carbons (Fsp3) is 0.190. The fourth-order valence-corrected chi connectivity index (χ4v) is 3.92. The summed E-state index contributed by atoms with van der Waals surface area (Å²) in [5, 5.41) is 0. The van der Waals surface area contributed by atoms with Gasteiger partial charge < -0.3 is 4.74 Å². The number of rotatable bonds is 3. The predicted molar refractivity (Wildman–Crippen MR) is 95.2 cm³/mol. The Hall–Kier alpha value is -3.21. The zero-order chi connectivity index (χ0) is 18.3. The van der Waals surface area contributed by atoms with Crippen LogP contribution in [-0.2, 0) is 19.1 Å². The van der Waals surface area contributed by atoms with E-state index in [1.54, 1.807) is 30.3 Å². The van der Waals surface area contributed by atoms with Crippen molar-refractivity contribution < 1.29 is 19.1 Å². The molecule has 4 rings (SSSR count). The number of fused-ring (bicyclic) bond motifs is 1. The number of ether oxygens (including phenoxy) is 1. The smallest absolute Gasteiger partial charge is 0.334 e. The molecule has 5 heteroatoms. The minimum absolute atomic E-state index is 0.282. The molecule has 2 amide bonds. The van der Waals surface area contributed by atoms with E-state index in [0.29, 0.717) is 11.3 Å². The molecule has 2 aliphatic rings. The largest absolute Gasteiger partial charge is 0.466 e. The summed E-state index contributed by atoms with van der Waals surface area (Å²) >= 11 is 0. The third-order valence-electron chi connectivity index (χ3n) is 5.05. The molecule has 2 aromatic carbocycles. The highest BCUT2D eigenvalue weighted by Crippen LogP contribution is 2.49. The highest BCUT2D eigenvalue weighted by Gasteiger charge is 2.56. The Morgan fingerprint density at radius 1 is 0.923 bits per heavy atom. The first-order chi connectivity index (χ1) is 12.6. The van der Waals surface area contributed by atoms with Gasteiger partial charge in [-0.05, 0) is 17.7 Å². The molecule has 0 bridgehead atoms. The minimum Gasteiger partial charge on any atom is -0.466 e. The van der Waals surface area contributed by atoms with Crippen LogP contribution in [0.1, 0.15) is 11.5 Å². The van der Waals surface area contributed by atoms with Gasteiger partial charge in [0.25, 0.3) is 0 Å². The predicted octanol–water partition coefficient (Wildman–Crippen LogP) is 2.69. The number of para-hydroxylation sites is 1. The molecule has 2 aromatic rings. The summed E-state index contributed by atoms with van der Waals surface area (Å²) in [5.74, 6) is -2.85. The van der Waals surface area contributed by atoms with Crippen molar-refractivity contribution in [3.63, 3.8) is 0 Å². The maximum atomic E-state index is 13.2. The van der Waals surface area contributed by atoms with E-state index < -0.39 is 23.7 Å². The van der Waals surface area contributed by atoms with Gasteiger partial charge in [-0.3, -0.25) is 9.59 Å². The molecule has 1 fully saturated rings. The number of carbonyl (C=O) groups is 3. The monoisotopic (exact) mass is 347 g/mol. The molecule has 1 saturated heterocycles. The van der Waals surface area contributed by atoms with Crippen molar-refractivity contribution in [1.82, 2.24) is 0 Å².